The second-order valence-electron chi connectivity index (χ2n) is 4.91. The molecule has 0 aromatic heterocycles. The Balaban J connectivity index is 1.78. The number of hydrogen-bond donors (Lipinski definition) is 0. The van der Waals surface area contributed by atoms with Crippen LogP contribution in [0.5, 0.6) is 5.75 Å². The lowest BCUT2D eigenvalue weighted by Gasteiger charge is -2.25. The Kier molecular flexibility index (Phi) is 5.63. The van der Waals surface area contributed by atoms with Gasteiger partial charge in [0.15, 0.2) is 0 Å². The number of rotatable bonds is 6. The molecule has 19 heavy (non-hydrogen) atoms. The van der Waals surface area contributed by atoms with E-state index in [0.717, 1.165) is 45.1 Å². The second kappa shape index (κ2) is 7.48. The van der Waals surface area contributed by atoms with Crippen LogP contribution < -0.4 is 4.74 Å². The summed E-state index contributed by atoms with van der Waals surface area (Å²) in [5.74, 6) is 0.951. The second-order valence-corrected chi connectivity index (χ2v) is 4.91. The van der Waals surface area contributed by atoms with Crippen molar-refractivity contribution in [1.29, 1.82) is 0 Å². The standard InChI is InChI=1S/C15H23NO3/c1-16(8-7-14-12-18-9-10-19-14)11-13-5-3-4-6-15(13)17-2/h3-6,14H,7-12H2,1-2H3. The van der Waals surface area contributed by atoms with Crippen LogP contribution in [0.2, 0.25) is 0 Å². The van der Waals surface area contributed by atoms with Gasteiger partial charge in [-0.3, -0.25) is 0 Å². The first-order valence-corrected chi connectivity index (χ1v) is 6.79. The van der Waals surface area contributed by atoms with Gasteiger partial charge in [-0.2, -0.15) is 0 Å². The first-order chi connectivity index (χ1) is 9.29. The third-order valence-electron chi connectivity index (χ3n) is 3.35. The van der Waals surface area contributed by atoms with Gasteiger partial charge in [-0.25, -0.2) is 0 Å². The molecular formula is C15H23NO3. The molecule has 4 heteroatoms. The van der Waals surface area contributed by atoms with E-state index in [1.54, 1.807) is 7.11 Å². The first kappa shape index (κ1) is 14.3. The van der Waals surface area contributed by atoms with Gasteiger partial charge in [0.05, 0.1) is 33.0 Å². The van der Waals surface area contributed by atoms with E-state index in [4.69, 9.17) is 14.2 Å². The maximum absolute atomic E-state index is 5.65. The van der Waals surface area contributed by atoms with Crippen molar-refractivity contribution in [2.24, 2.45) is 0 Å². The van der Waals surface area contributed by atoms with Crippen molar-refractivity contribution >= 4 is 0 Å². The van der Waals surface area contributed by atoms with E-state index in [1.807, 2.05) is 18.2 Å². The molecule has 4 nitrogen and oxygen atoms in total. The Labute approximate surface area is 115 Å². The van der Waals surface area contributed by atoms with Crippen LogP contribution >= 0.6 is 0 Å². The molecule has 1 fully saturated rings. The number of nitrogens with zero attached hydrogens (tertiary/aromatic N) is 1. The summed E-state index contributed by atoms with van der Waals surface area (Å²) in [5, 5.41) is 0. The summed E-state index contributed by atoms with van der Waals surface area (Å²) in [5.41, 5.74) is 1.22. The van der Waals surface area contributed by atoms with E-state index in [9.17, 15) is 0 Å². The zero-order valence-electron chi connectivity index (χ0n) is 11.8. The van der Waals surface area contributed by atoms with Crippen LogP contribution in [0.25, 0.3) is 0 Å². The molecule has 106 valence electrons. The highest BCUT2D eigenvalue weighted by Gasteiger charge is 2.15. The topological polar surface area (TPSA) is 30.9 Å². The predicted octanol–water partition coefficient (Wildman–Crippen LogP) is 1.93. The molecule has 1 saturated heterocycles. The fraction of sp³-hybridized carbons (Fsp3) is 0.600. The van der Waals surface area contributed by atoms with E-state index >= 15 is 0 Å². The molecule has 0 spiro atoms. The fourth-order valence-corrected chi connectivity index (χ4v) is 2.27. The molecule has 0 radical (unpaired) electrons. The molecular weight excluding hydrogens is 242 g/mol. The van der Waals surface area contributed by atoms with Crippen molar-refractivity contribution in [1.82, 2.24) is 4.90 Å². The monoisotopic (exact) mass is 265 g/mol. The summed E-state index contributed by atoms with van der Waals surface area (Å²) in [4.78, 5) is 2.29. The maximum Gasteiger partial charge on any atom is 0.123 e. The molecule has 1 aromatic carbocycles. The smallest absolute Gasteiger partial charge is 0.123 e. The SMILES string of the molecule is COc1ccccc1CN(C)CCC1COCCO1. The van der Waals surface area contributed by atoms with Gasteiger partial charge in [0, 0.05) is 18.7 Å². The van der Waals surface area contributed by atoms with Crippen molar-refractivity contribution < 1.29 is 14.2 Å². The van der Waals surface area contributed by atoms with Crippen LogP contribution in [0.15, 0.2) is 24.3 Å². The number of para-hydroxylation sites is 1. The summed E-state index contributed by atoms with van der Waals surface area (Å²) in [6.07, 6.45) is 1.25. The molecule has 1 atom stereocenters. The van der Waals surface area contributed by atoms with Gasteiger partial charge in [-0.1, -0.05) is 18.2 Å². The minimum absolute atomic E-state index is 0.244. The highest BCUT2D eigenvalue weighted by molar-refractivity contribution is 5.32. The van der Waals surface area contributed by atoms with E-state index in [0.29, 0.717) is 0 Å². The Morgan fingerprint density at radius 2 is 2.16 bits per heavy atom. The van der Waals surface area contributed by atoms with Gasteiger partial charge in [0.25, 0.3) is 0 Å². The van der Waals surface area contributed by atoms with Crippen LogP contribution in [0.1, 0.15) is 12.0 Å². The van der Waals surface area contributed by atoms with E-state index in [1.165, 1.54) is 5.56 Å². The fourth-order valence-electron chi connectivity index (χ4n) is 2.27. The van der Waals surface area contributed by atoms with E-state index in [2.05, 4.69) is 18.0 Å². The number of benzene rings is 1. The van der Waals surface area contributed by atoms with Crippen LogP contribution in [-0.4, -0.2) is 51.5 Å². The highest BCUT2D eigenvalue weighted by Crippen LogP contribution is 2.19. The number of ether oxygens (including phenoxy) is 3. The summed E-state index contributed by atoms with van der Waals surface area (Å²) in [7, 11) is 3.84. The third-order valence-corrected chi connectivity index (χ3v) is 3.35. The zero-order chi connectivity index (χ0) is 13.5. The molecule has 1 aromatic rings. The van der Waals surface area contributed by atoms with Crippen molar-refractivity contribution in [3.05, 3.63) is 29.8 Å². The lowest BCUT2D eigenvalue weighted by Crippen LogP contribution is -2.32. The van der Waals surface area contributed by atoms with Crippen LogP contribution in [0.3, 0.4) is 0 Å². The largest absolute Gasteiger partial charge is 0.496 e. The van der Waals surface area contributed by atoms with Gasteiger partial charge in [0.2, 0.25) is 0 Å². The molecule has 0 aliphatic carbocycles. The van der Waals surface area contributed by atoms with Gasteiger partial charge >= 0.3 is 0 Å². The van der Waals surface area contributed by atoms with Gasteiger partial charge in [-0.15, -0.1) is 0 Å². The van der Waals surface area contributed by atoms with Gasteiger partial charge in [-0.05, 0) is 19.5 Å². The van der Waals surface area contributed by atoms with E-state index in [-0.39, 0.29) is 6.10 Å². The summed E-state index contributed by atoms with van der Waals surface area (Å²) in [6.45, 7) is 4.06. The lowest BCUT2D eigenvalue weighted by molar-refractivity contribution is -0.0924. The summed E-state index contributed by atoms with van der Waals surface area (Å²) in [6, 6.07) is 8.15. The maximum atomic E-state index is 5.65. The average molecular weight is 265 g/mol. The highest BCUT2D eigenvalue weighted by atomic mass is 16.6. The molecule has 1 heterocycles. The number of hydrogen-bond acceptors (Lipinski definition) is 4. The number of methoxy groups -OCH3 is 1. The molecule has 0 N–H and O–H groups in total. The molecule has 0 amide bonds. The van der Waals surface area contributed by atoms with Crippen molar-refractivity contribution in [3.8, 4) is 5.75 Å². The Morgan fingerprint density at radius 3 is 2.89 bits per heavy atom. The van der Waals surface area contributed by atoms with Crippen LogP contribution in [-0.2, 0) is 16.0 Å². The molecule has 0 bridgehead atoms. The minimum Gasteiger partial charge on any atom is -0.496 e. The molecule has 0 saturated carbocycles. The third kappa shape index (κ3) is 4.49. The average Bonchev–Trinajstić information content (AvgIpc) is 2.47. The van der Waals surface area contributed by atoms with Crippen molar-refractivity contribution in [2.45, 2.75) is 19.1 Å². The van der Waals surface area contributed by atoms with Gasteiger partial charge < -0.3 is 19.1 Å². The Bertz CT molecular complexity index is 377. The molecule has 1 aliphatic heterocycles. The summed E-state index contributed by atoms with van der Waals surface area (Å²) >= 11 is 0. The zero-order valence-corrected chi connectivity index (χ0v) is 11.8. The Hall–Kier alpha value is -1.10. The first-order valence-electron chi connectivity index (χ1n) is 6.79. The molecule has 1 unspecified atom stereocenters. The molecule has 2 rings (SSSR count). The minimum atomic E-state index is 0.244. The van der Waals surface area contributed by atoms with Crippen LogP contribution in [0, 0.1) is 0 Å². The van der Waals surface area contributed by atoms with Gasteiger partial charge in [0.1, 0.15) is 5.75 Å². The lowest BCUT2D eigenvalue weighted by atomic mass is 10.1. The quantitative estimate of drug-likeness (QED) is 0.786. The van der Waals surface area contributed by atoms with Crippen molar-refractivity contribution in [3.63, 3.8) is 0 Å². The normalized spacial score (nSPS) is 19.6. The van der Waals surface area contributed by atoms with Crippen LogP contribution in [0.4, 0.5) is 0 Å². The molecule has 1 aliphatic rings. The van der Waals surface area contributed by atoms with E-state index < -0.39 is 0 Å². The predicted molar refractivity (Wildman–Crippen MR) is 74.5 cm³/mol. The summed E-state index contributed by atoms with van der Waals surface area (Å²) < 4.78 is 16.4. The van der Waals surface area contributed by atoms with Crippen molar-refractivity contribution in [2.75, 3.05) is 40.5 Å². The Morgan fingerprint density at radius 1 is 1.32 bits per heavy atom.